The second kappa shape index (κ2) is 4.66. The topological polar surface area (TPSA) is 49.3 Å². The number of hydrogen-bond acceptors (Lipinski definition) is 2. The number of rotatable bonds is 1. The van der Waals surface area contributed by atoms with E-state index in [0.29, 0.717) is 6.42 Å². The lowest BCUT2D eigenvalue weighted by Crippen LogP contribution is -2.42. The molecule has 7 heteroatoms. The van der Waals surface area contributed by atoms with E-state index in [1.54, 1.807) is 12.2 Å². The minimum atomic E-state index is -4.51. The molecular formula is C14H11ClF3NO2. The molecule has 1 heterocycles. The average molecular weight is 318 g/mol. The molecule has 3 atom stereocenters. The fraction of sp³-hybridized carbons (Fsp3) is 0.357. The van der Waals surface area contributed by atoms with Crippen LogP contribution >= 0.6 is 11.6 Å². The zero-order chi connectivity index (χ0) is 15.4. The molecule has 0 radical (unpaired) electrons. The van der Waals surface area contributed by atoms with Gasteiger partial charge in [-0.15, -0.1) is 0 Å². The van der Waals surface area contributed by atoms with Gasteiger partial charge in [0.15, 0.2) is 0 Å². The van der Waals surface area contributed by atoms with Crippen molar-refractivity contribution in [3.63, 3.8) is 0 Å². The van der Waals surface area contributed by atoms with Crippen molar-refractivity contribution < 1.29 is 23.1 Å². The van der Waals surface area contributed by atoms with Crippen molar-refractivity contribution in [2.24, 2.45) is 5.92 Å². The van der Waals surface area contributed by atoms with E-state index < -0.39 is 35.6 Å². The van der Waals surface area contributed by atoms with Gasteiger partial charge in [0.2, 0.25) is 0 Å². The Balaban J connectivity index is 2.22. The van der Waals surface area contributed by atoms with E-state index in [0.717, 1.165) is 12.1 Å². The Hall–Kier alpha value is -1.69. The number of allylic oxidation sites excluding steroid dienone is 2. The SMILES string of the molecule is O=C(O)[C@H]1Nc2c(Cl)ccc(C(F)(F)F)c2[C@H]2C=CC[C@@H]12. The Labute approximate surface area is 123 Å². The van der Waals surface area contributed by atoms with Crippen LogP contribution in [0.1, 0.15) is 23.5 Å². The zero-order valence-corrected chi connectivity index (χ0v) is 11.4. The quantitative estimate of drug-likeness (QED) is 0.772. The van der Waals surface area contributed by atoms with E-state index in [2.05, 4.69) is 5.32 Å². The minimum Gasteiger partial charge on any atom is -0.480 e. The first-order chi connectivity index (χ1) is 9.80. The molecule has 0 spiro atoms. The average Bonchev–Trinajstić information content (AvgIpc) is 2.85. The van der Waals surface area contributed by atoms with Crippen molar-refractivity contribution in [1.82, 2.24) is 0 Å². The summed E-state index contributed by atoms with van der Waals surface area (Å²) in [5.74, 6) is -2.11. The summed E-state index contributed by atoms with van der Waals surface area (Å²) in [6, 6.07) is 1.15. The van der Waals surface area contributed by atoms with Crippen molar-refractivity contribution in [3.05, 3.63) is 40.4 Å². The largest absolute Gasteiger partial charge is 0.480 e. The van der Waals surface area contributed by atoms with Gasteiger partial charge >= 0.3 is 12.1 Å². The number of carboxylic acids is 1. The molecule has 2 N–H and O–H groups in total. The monoisotopic (exact) mass is 317 g/mol. The third-order valence-electron chi connectivity index (χ3n) is 4.04. The fourth-order valence-corrected chi connectivity index (χ4v) is 3.39. The predicted molar refractivity (Wildman–Crippen MR) is 71.5 cm³/mol. The van der Waals surface area contributed by atoms with Crippen molar-refractivity contribution in [2.45, 2.75) is 24.6 Å². The molecule has 0 saturated heterocycles. The summed E-state index contributed by atoms with van der Waals surface area (Å²) in [6.07, 6.45) is -0.708. The van der Waals surface area contributed by atoms with Crippen LogP contribution < -0.4 is 5.32 Å². The number of carbonyl (C=O) groups is 1. The first-order valence-electron chi connectivity index (χ1n) is 6.36. The molecule has 3 nitrogen and oxygen atoms in total. The van der Waals surface area contributed by atoms with E-state index in [-0.39, 0.29) is 16.3 Å². The maximum atomic E-state index is 13.2. The highest BCUT2D eigenvalue weighted by Gasteiger charge is 2.46. The van der Waals surface area contributed by atoms with Gasteiger partial charge in [-0.25, -0.2) is 4.79 Å². The summed E-state index contributed by atoms with van der Waals surface area (Å²) in [5.41, 5.74) is -0.641. The lowest BCUT2D eigenvalue weighted by atomic mass is 9.77. The number of carboxylic acid groups (broad SMARTS) is 1. The lowest BCUT2D eigenvalue weighted by molar-refractivity contribution is -0.139. The summed E-state index contributed by atoms with van der Waals surface area (Å²) >= 11 is 5.98. The first kappa shape index (κ1) is 14.3. The van der Waals surface area contributed by atoms with E-state index >= 15 is 0 Å². The van der Waals surface area contributed by atoms with Crippen molar-refractivity contribution in [3.8, 4) is 0 Å². The number of hydrogen-bond donors (Lipinski definition) is 2. The Bertz CT molecular complexity index is 642. The van der Waals surface area contributed by atoms with Gasteiger partial charge in [-0.05, 0) is 24.1 Å². The fourth-order valence-electron chi connectivity index (χ4n) is 3.17. The van der Waals surface area contributed by atoms with Crippen LogP contribution in [0.3, 0.4) is 0 Å². The van der Waals surface area contributed by atoms with Gasteiger partial charge < -0.3 is 10.4 Å². The maximum absolute atomic E-state index is 13.2. The third kappa shape index (κ3) is 2.18. The maximum Gasteiger partial charge on any atom is 0.416 e. The summed E-state index contributed by atoms with van der Waals surface area (Å²) in [4.78, 5) is 11.3. The second-order valence-electron chi connectivity index (χ2n) is 5.20. The number of benzene rings is 1. The highest BCUT2D eigenvalue weighted by molar-refractivity contribution is 6.33. The molecule has 1 aliphatic heterocycles. The molecule has 1 aliphatic carbocycles. The number of halogens is 4. The van der Waals surface area contributed by atoms with Crippen LogP contribution in [0, 0.1) is 5.92 Å². The first-order valence-corrected chi connectivity index (χ1v) is 6.74. The smallest absolute Gasteiger partial charge is 0.416 e. The Kier molecular flexibility index (Phi) is 3.16. The van der Waals surface area contributed by atoms with Gasteiger partial charge in [0.1, 0.15) is 6.04 Å². The lowest BCUT2D eigenvalue weighted by Gasteiger charge is -2.36. The molecule has 0 aromatic heterocycles. The Morgan fingerprint density at radius 2 is 2.10 bits per heavy atom. The number of anilines is 1. The van der Waals surface area contributed by atoms with Gasteiger partial charge in [-0.3, -0.25) is 0 Å². The van der Waals surface area contributed by atoms with Crippen molar-refractivity contribution >= 4 is 23.3 Å². The summed E-state index contributed by atoms with van der Waals surface area (Å²) in [6.45, 7) is 0. The number of aliphatic carboxylic acids is 1. The standard InChI is InChI=1S/C14H11ClF3NO2/c15-9-5-4-8(14(16,17)18)10-6-2-1-3-7(6)11(13(20)21)19-12(9)10/h1-2,4-7,11,19H,3H2,(H,20,21)/t6-,7+,11-/m0/s1. The van der Waals surface area contributed by atoms with Crippen LogP contribution in [0.2, 0.25) is 5.02 Å². The van der Waals surface area contributed by atoms with Gasteiger partial charge in [0.25, 0.3) is 0 Å². The van der Waals surface area contributed by atoms with Crippen LogP contribution in [-0.2, 0) is 11.0 Å². The molecule has 0 unspecified atom stereocenters. The predicted octanol–water partition coefficient (Wildman–Crippen LogP) is 3.90. The normalized spacial score (nSPS) is 27.0. The van der Waals surface area contributed by atoms with Crippen LogP contribution in [0.4, 0.5) is 18.9 Å². The molecule has 0 fully saturated rings. The van der Waals surface area contributed by atoms with Crippen LogP contribution in [-0.4, -0.2) is 17.1 Å². The summed E-state index contributed by atoms with van der Waals surface area (Å²) in [5, 5.41) is 12.1. The molecule has 0 amide bonds. The van der Waals surface area contributed by atoms with Crippen LogP contribution in [0.15, 0.2) is 24.3 Å². The minimum absolute atomic E-state index is 0.0475. The molecule has 21 heavy (non-hydrogen) atoms. The highest BCUT2D eigenvalue weighted by atomic mass is 35.5. The van der Waals surface area contributed by atoms with Gasteiger partial charge in [0, 0.05) is 11.8 Å². The van der Waals surface area contributed by atoms with Gasteiger partial charge in [-0.2, -0.15) is 13.2 Å². The van der Waals surface area contributed by atoms with Crippen molar-refractivity contribution in [2.75, 3.05) is 5.32 Å². The van der Waals surface area contributed by atoms with E-state index in [1.807, 2.05) is 0 Å². The Morgan fingerprint density at radius 3 is 2.71 bits per heavy atom. The number of nitrogens with one attached hydrogen (secondary N) is 1. The Morgan fingerprint density at radius 1 is 1.38 bits per heavy atom. The molecular weight excluding hydrogens is 307 g/mol. The molecule has 0 bridgehead atoms. The molecule has 112 valence electrons. The molecule has 3 rings (SSSR count). The van der Waals surface area contributed by atoms with Gasteiger partial charge in [-0.1, -0.05) is 23.8 Å². The van der Waals surface area contributed by atoms with E-state index in [1.165, 1.54) is 0 Å². The molecule has 1 aromatic carbocycles. The number of alkyl halides is 3. The molecule has 0 saturated carbocycles. The van der Waals surface area contributed by atoms with Crippen molar-refractivity contribution in [1.29, 1.82) is 0 Å². The number of fused-ring (bicyclic) bond motifs is 3. The van der Waals surface area contributed by atoms with E-state index in [9.17, 15) is 23.1 Å². The van der Waals surface area contributed by atoms with Crippen LogP contribution in [0.25, 0.3) is 0 Å². The highest BCUT2D eigenvalue weighted by Crippen LogP contribution is 2.51. The zero-order valence-electron chi connectivity index (χ0n) is 10.6. The third-order valence-corrected chi connectivity index (χ3v) is 4.36. The van der Waals surface area contributed by atoms with E-state index in [4.69, 9.17) is 11.6 Å². The summed E-state index contributed by atoms with van der Waals surface area (Å²) in [7, 11) is 0. The second-order valence-corrected chi connectivity index (χ2v) is 5.60. The van der Waals surface area contributed by atoms with Crippen LogP contribution in [0.5, 0.6) is 0 Å². The summed E-state index contributed by atoms with van der Waals surface area (Å²) < 4.78 is 39.6. The van der Waals surface area contributed by atoms with Gasteiger partial charge in [0.05, 0.1) is 16.3 Å². The molecule has 2 aliphatic rings. The molecule has 1 aromatic rings.